The molecule has 0 aliphatic rings. The van der Waals surface area contributed by atoms with Gasteiger partial charge in [0.1, 0.15) is 5.76 Å². The smallest absolute Gasteiger partial charge is 0.292 e. The van der Waals surface area contributed by atoms with Crippen LogP contribution in [0.15, 0.2) is 39.4 Å². The number of hydrogen-bond acceptors (Lipinski definition) is 3. The molecule has 4 heteroatoms. The Morgan fingerprint density at radius 2 is 1.93 bits per heavy atom. The highest BCUT2D eigenvalue weighted by molar-refractivity contribution is 9.10. The number of nitrogens with zero attached hydrogens (tertiary/aromatic N) is 1. The SMILES string of the molecule is Nc1ncc(CCc2ccc(Br)cc2)o1. The number of halogens is 1. The molecule has 0 radical (unpaired) electrons. The summed E-state index contributed by atoms with van der Waals surface area (Å²) in [5.74, 6) is 0.829. The summed E-state index contributed by atoms with van der Waals surface area (Å²) in [7, 11) is 0. The summed E-state index contributed by atoms with van der Waals surface area (Å²) in [6.45, 7) is 0. The Morgan fingerprint density at radius 3 is 2.53 bits per heavy atom. The highest BCUT2D eigenvalue weighted by Gasteiger charge is 2.01. The number of nitrogens with two attached hydrogens (primary N) is 1. The van der Waals surface area contributed by atoms with Crippen molar-refractivity contribution in [2.24, 2.45) is 0 Å². The van der Waals surface area contributed by atoms with E-state index in [1.54, 1.807) is 6.20 Å². The maximum atomic E-state index is 5.38. The number of anilines is 1. The minimum absolute atomic E-state index is 0.237. The molecular weight excluding hydrogens is 256 g/mol. The Balaban J connectivity index is 1.96. The maximum Gasteiger partial charge on any atom is 0.292 e. The topological polar surface area (TPSA) is 52.0 Å². The van der Waals surface area contributed by atoms with Crippen molar-refractivity contribution in [2.45, 2.75) is 12.8 Å². The summed E-state index contributed by atoms with van der Waals surface area (Å²) in [6, 6.07) is 8.47. The third kappa shape index (κ3) is 2.83. The van der Waals surface area contributed by atoms with Crippen molar-refractivity contribution in [3.8, 4) is 0 Å². The molecule has 3 nitrogen and oxygen atoms in total. The van der Waals surface area contributed by atoms with E-state index in [1.165, 1.54) is 5.56 Å². The second-order valence-electron chi connectivity index (χ2n) is 3.29. The molecule has 78 valence electrons. The van der Waals surface area contributed by atoms with Crippen LogP contribution in [0, 0.1) is 0 Å². The largest absolute Gasteiger partial charge is 0.429 e. The second kappa shape index (κ2) is 4.49. The van der Waals surface area contributed by atoms with E-state index in [0.717, 1.165) is 23.1 Å². The fourth-order valence-electron chi connectivity index (χ4n) is 1.36. The maximum absolute atomic E-state index is 5.38. The second-order valence-corrected chi connectivity index (χ2v) is 4.21. The van der Waals surface area contributed by atoms with Crippen LogP contribution in [0.5, 0.6) is 0 Å². The van der Waals surface area contributed by atoms with Gasteiger partial charge < -0.3 is 10.2 Å². The Morgan fingerprint density at radius 1 is 1.20 bits per heavy atom. The third-order valence-electron chi connectivity index (χ3n) is 2.14. The number of benzene rings is 1. The highest BCUT2D eigenvalue weighted by Crippen LogP contribution is 2.13. The molecule has 2 rings (SSSR count). The number of oxazole rings is 1. The molecule has 0 bridgehead atoms. The molecule has 0 aliphatic carbocycles. The van der Waals surface area contributed by atoms with Gasteiger partial charge in [0.2, 0.25) is 0 Å². The van der Waals surface area contributed by atoms with E-state index in [0.29, 0.717) is 0 Å². The summed E-state index contributed by atoms with van der Waals surface area (Å²) in [4.78, 5) is 3.85. The zero-order valence-electron chi connectivity index (χ0n) is 8.11. The van der Waals surface area contributed by atoms with Gasteiger partial charge in [-0.3, -0.25) is 0 Å². The Hall–Kier alpha value is -1.29. The summed E-state index contributed by atoms with van der Waals surface area (Å²) in [6.07, 6.45) is 3.43. The predicted octanol–water partition coefficient (Wildman–Crippen LogP) is 2.80. The summed E-state index contributed by atoms with van der Waals surface area (Å²) >= 11 is 3.40. The Labute approximate surface area is 96.4 Å². The van der Waals surface area contributed by atoms with Crippen LogP contribution in [-0.4, -0.2) is 4.98 Å². The third-order valence-corrected chi connectivity index (χ3v) is 2.67. The van der Waals surface area contributed by atoms with Gasteiger partial charge >= 0.3 is 0 Å². The lowest BCUT2D eigenvalue weighted by Gasteiger charge is -1.98. The minimum atomic E-state index is 0.237. The van der Waals surface area contributed by atoms with Gasteiger partial charge in [0.15, 0.2) is 0 Å². The van der Waals surface area contributed by atoms with E-state index in [9.17, 15) is 0 Å². The average Bonchev–Trinajstić information content (AvgIpc) is 2.64. The molecule has 15 heavy (non-hydrogen) atoms. The predicted molar refractivity (Wildman–Crippen MR) is 62.5 cm³/mol. The molecule has 0 amide bonds. The van der Waals surface area contributed by atoms with E-state index in [2.05, 4.69) is 33.0 Å². The van der Waals surface area contributed by atoms with Crippen LogP contribution < -0.4 is 5.73 Å². The van der Waals surface area contributed by atoms with Crippen molar-refractivity contribution in [1.29, 1.82) is 0 Å². The van der Waals surface area contributed by atoms with E-state index < -0.39 is 0 Å². The van der Waals surface area contributed by atoms with Crippen LogP contribution in [0.1, 0.15) is 11.3 Å². The van der Waals surface area contributed by atoms with Gasteiger partial charge in [-0.05, 0) is 24.1 Å². The van der Waals surface area contributed by atoms with Crippen LogP contribution in [0.2, 0.25) is 0 Å². The first kappa shape index (κ1) is 10.2. The standard InChI is InChI=1S/C11H11BrN2O/c12-9-4-1-8(2-5-9)3-6-10-7-14-11(13)15-10/h1-2,4-5,7H,3,6H2,(H2,13,14). The fraction of sp³-hybridized carbons (Fsp3) is 0.182. The Kier molecular flexibility index (Phi) is 3.06. The first-order valence-electron chi connectivity index (χ1n) is 4.68. The number of aryl methyl sites for hydroxylation is 2. The lowest BCUT2D eigenvalue weighted by molar-refractivity contribution is 0.522. The quantitative estimate of drug-likeness (QED) is 0.930. The zero-order chi connectivity index (χ0) is 10.7. The van der Waals surface area contributed by atoms with Gasteiger partial charge in [0.25, 0.3) is 6.01 Å². The van der Waals surface area contributed by atoms with Crippen molar-refractivity contribution in [3.05, 3.63) is 46.3 Å². The van der Waals surface area contributed by atoms with E-state index in [-0.39, 0.29) is 6.01 Å². The number of rotatable bonds is 3. The highest BCUT2D eigenvalue weighted by atomic mass is 79.9. The van der Waals surface area contributed by atoms with Crippen molar-refractivity contribution in [2.75, 3.05) is 5.73 Å². The minimum Gasteiger partial charge on any atom is -0.429 e. The molecule has 1 aromatic carbocycles. The summed E-state index contributed by atoms with van der Waals surface area (Å²) in [5.41, 5.74) is 6.65. The molecule has 0 atom stereocenters. The molecule has 1 aromatic heterocycles. The van der Waals surface area contributed by atoms with Crippen LogP contribution in [-0.2, 0) is 12.8 Å². The zero-order valence-corrected chi connectivity index (χ0v) is 9.70. The van der Waals surface area contributed by atoms with Crippen molar-refractivity contribution in [3.63, 3.8) is 0 Å². The van der Waals surface area contributed by atoms with E-state index in [4.69, 9.17) is 10.2 Å². The summed E-state index contributed by atoms with van der Waals surface area (Å²) in [5, 5.41) is 0. The Bertz CT molecular complexity index is 436. The molecule has 0 aliphatic heterocycles. The van der Waals surface area contributed by atoms with Gasteiger partial charge in [-0.2, -0.15) is 0 Å². The van der Waals surface area contributed by atoms with Crippen molar-refractivity contribution < 1.29 is 4.42 Å². The number of aromatic nitrogens is 1. The van der Waals surface area contributed by atoms with Crippen LogP contribution in [0.25, 0.3) is 0 Å². The molecule has 0 saturated heterocycles. The molecule has 2 aromatic rings. The lowest BCUT2D eigenvalue weighted by Crippen LogP contribution is -1.89. The molecule has 1 heterocycles. The van der Waals surface area contributed by atoms with Crippen molar-refractivity contribution in [1.82, 2.24) is 4.98 Å². The van der Waals surface area contributed by atoms with Gasteiger partial charge in [0.05, 0.1) is 6.20 Å². The average molecular weight is 267 g/mol. The molecule has 0 fully saturated rings. The van der Waals surface area contributed by atoms with Crippen LogP contribution in [0.4, 0.5) is 6.01 Å². The van der Waals surface area contributed by atoms with Gasteiger partial charge in [-0.1, -0.05) is 28.1 Å². The first-order chi connectivity index (χ1) is 7.24. The first-order valence-corrected chi connectivity index (χ1v) is 5.48. The van der Waals surface area contributed by atoms with Gasteiger partial charge in [0, 0.05) is 10.9 Å². The normalized spacial score (nSPS) is 10.5. The van der Waals surface area contributed by atoms with E-state index in [1.807, 2.05) is 12.1 Å². The van der Waals surface area contributed by atoms with Crippen LogP contribution in [0.3, 0.4) is 0 Å². The van der Waals surface area contributed by atoms with Gasteiger partial charge in [-0.25, -0.2) is 4.98 Å². The number of hydrogen-bond donors (Lipinski definition) is 1. The van der Waals surface area contributed by atoms with Gasteiger partial charge in [-0.15, -0.1) is 0 Å². The monoisotopic (exact) mass is 266 g/mol. The lowest BCUT2D eigenvalue weighted by atomic mass is 10.1. The summed E-state index contributed by atoms with van der Waals surface area (Å²) < 4.78 is 6.28. The van der Waals surface area contributed by atoms with Crippen molar-refractivity contribution >= 4 is 21.9 Å². The van der Waals surface area contributed by atoms with Crippen LogP contribution >= 0.6 is 15.9 Å². The molecule has 2 N–H and O–H groups in total. The van der Waals surface area contributed by atoms with E-state index >= 15 is 0 Å². The molecule has 0 unspecified atom stereocenters. The molecule has 0 spiro atoms. The number of nitrogen functional groups attached to an aromatic ring is 1. The molecular formula is C11H11BrN2O. The fourth-order valence-corrected chi connectivity index (χ4v) is 1.62. The molecule has 0 saturated carbocycles.